The van der Waals surface area contributed by atoms with Crippen molar-refractivity contribution in [3.05, 3.63) is 16.5 Å². The predicted molar refractivity (Wildman–Crippen MR) is 92.7 cm³/mol. The van der Waals surface area contributed by atoms with Gasteiger partial charge in [-0.1, -0.05) is 11.6 Å². The van der Waals surface area contributed by atoms with Crippen molar-refractivity contribution in [1.29, 1.82) is 0 Å². The van der Waals surface area contributed by atoms with Crippen molar-refractivity contribution in [3.63, 3.8) is 0 Å². The van der Waals surface area contributed by atoms with Crippen LogP contribution >= 0.6 is 11.6 Å². The second kappa shape index (κ2) is 8.75. The highest BCUT2D eigenvalue weighted by Crippen LogP contribution is 2.39. The van der Waals surface area contributed by atoms with Crippen molar-refractivity contribution in [3.8, 4) is 0 Å². The van der Waals surface area contributed by atoms with Gasteiger partial charge in [-0.25, -0.2) is 9.97 Å². The number of carbonyl (C=O) groups is 1. The summed E-state index contributed by atoms with van der Waals surface area (Å²) in [6, 6.07) is 0. The number of carbonyl (C=O) groups excluding carboxylic acids is 1. The van der Waals surface area contributed by atoms with Crippen LogP contribution in [0.4, 0.5) is 27.8 Å². The molecule has 5 nitrogen and oxygen atoms in total. The first kappa shape index (κ1) is 22.6. The van der Waals surface area contributed by atoms with Gasteiger partial charge >= 0.3 is 18.1 Å². The Bertz CT molecular complexity index is 707. The summed E-state index contributed by atoms with van der Waals surface area (Å²) in [5.74, 6) is -5.12. The van der Waals surface area contributed by atoms with Gasteiger partial charge in [0.05, 0.1) is 23.9 Å². The molecule has 1 aliphatic heterocycles. The third-order valence-corrected chi connectivity index (χ3v) is 4.87. The fourth-order valence-electron chi connectivity index (χ4n) is 2.96. The summed E-state index contributed by atoms with van der Waals surface area (Å²) in [5, 5.41) is 0.0402. The molecule has 1 saturated heterocycles. The molecule has 0 spiro atoms. The fraction of sp³-hybridized carbons (Fsp3) is 0.706. The molecular weight excluding hydrogens is 409 g/mol. The van der Waals surface area contributed by atoms with Gasteiger partial charge in [-0.3, -0.25) is 4.79 Å². The van der Waals surface area contributed by atoms with E-state index in [1.165, 1.54) is 6.92 Å². The van der Waals surface area contributed by atoms with Crippen molar-refractivity contribution in [2.24, 2.45) is 5.92 Å². The van der Waals surface area contributed by atoms with Gasteiger partial charge in [0.2, 0.25) is 0 Å². The summed E-state index contributed by atoms with van der Waals surface area (Å²) in [7, 11) is 0. The van der Waals surface area contributed by atoms with E-state index in [-0.39, 0.29) is 34.2 Å². The number of aromatic nitrogens is 2. The van der Waals surface area contributed by atoms with Gasteiger partial charge in [-0.05, 0) is 33.1 Å². The largest absolute Gasteiger partial charge is 0.466 e. The first-order valence-electron chi connectivity index (χ1n) is 8.85. The van der Waals surface area contributed by atoms with Gasteiger partial charge in [0.1, 0.15) is 0 Å². The molecular formula is C17H21ClF5N3O2. The third kappa shape index (κ3) is 5.21. The van der Waals surface area contributed by atoms with E-state index in [9.17, 15) is 26.7 Å². The minimum absolute atomic E-state index is 0.0378. The van der Waals surface area contributed by atoms with E-state index in [1.807, 2.05) is 0 Å². The Hall–Kier alpha value is -1.71. The van der Waals surface area contributed by atoms with Gasteiger partial charge in [0, 0.05) is 19.5 Å². The normalized spacial score (nSPS) is 16.4. The van der Waals surface area contributed by atoms with E-state index in [2.05, 4.69) is 9.97 Å². The maximum Gasteiger partial charge on any atom is 0.453 e. The Morgan fingerprint density at radius 1 is 1.21 bits per heavy atom. The van der Waals surface area contributed by atoms with E-state index < -0.39 is 24.9 Å². The van der Waals surface area contributed by atoms with Gasteiger partial charge in [0.15, 0.2) is 11.0 Å². The number of anilines is 1. The zero-order valence-corrected chi connectivity index (χ0v) is 16.2. The van der Waals surface area contributed by atoms with Crippen molar-refractivity contribution in [2.45, 2.75) is 51.6 Å². The number of hydrogen-bond donors (Lipinski definition) is 0. The highest BCUT2D eigenvalue weighted by Gasteiger charge is 2.56. The highest BCUT2D eigenvalue weighted by atomic mass is 35.5. The Morgan fingerprint density at radius 3 is 2.36 bits per heavy atom. The van der Waals surface area contributed by atoms with Gasteiger partial charge in [-0.15, -0.1) is 0 Å². The van der Waals surface area contributed by atoms with Crippen molar-refractivity contribution in [1.82, 2.24) is 9.97 Å². The van der Waals surface area contributed by atoms with Crippen molar-refractivity contribution in [2.75, 3.05) is 24.6 Å². The van der Waals surface area contributed by atoms with Crippen molar-refractivity contribution < 1.29 is 31.5 Å². The number of piperidine rings is 1. The standard InChI is InChI=1S/C17H21ClF5N3O2/c1-3-28-15(27)11-5-8-26(9-6-11)14-13(18)24-10(2)12(25-14)4-7-16(19,20)17(21,22)23/h11H,3-9H2,1-2H3. The smallest absolute Gasteiger partial charge is 0.453 e. The molecule has 0 atom stereocenters. The quantitative estimate of drug-likeness (QED) is 0.497. The molecule has 0 aliphatic carbocycles. The molecule has 0 saturated carbocycles. The molecule has 1 aliphatic rings. The Morgan fingerprint density at radius 2 is 1.82 bits per heavy atom. The Kier molecular flexibility index (Phi) is 7.06. The van der Waals surface area contributed by atoms with Crippen LogP contribution in [0.15, 0.2) is 0 Å². The number of hydrogen-bond acceptors (Lipinski definition) is 5. The minimum Gasteiger partial charge on any atom is -0.466 e. The molecule has 0 N–H and O–H groups in total. The number of ether oxygens (including phenoxy) is 1. The van der Waals surface area contributed by atoms with E-state index in [0.717, 1.165) is 0 Å². The highest BCUT2D eigenvalue weighted by molar-refractivity contribution is 6.31. The van der Waals surface area contributed by atoms with Crippen molar-refractivity contribution >= 4 is 23.4 Å². The van der Waals surface area contributed by atoms with Crippen LogP contribution in [0, 0.1) is 12.8 Å². The zero-order chi connectivity index (χ0) is 21.1. The van der Waals surface area contributed by atoms with Crippen LogP contribution in [-0.2, 0) is 16.0 Å². The molecule has 0 amide bonds. The SMILES string of the molecule is CCOC(=O)C1CCN(c2nc(CCC(F)(F)C(F)(F)F)c(C)nc2Cl)CC1. The average Bonchev–Trinajstić information content (AvgIpc) is 2.60. The number of aryl methyl sites for hydroxylation is 2. The summed E-state index contributed by atoms with van der Waals surface area (Å²) in [6.07, 6.45) is -6.64. The van der Waals surface area contributed by atoms with Gasteiger partial charge in [-0.2, -0.15) is 22.0 Å². The summed E-state index contributed by atoms with van der Waals surface area (Å²) in [5.41, 5.74) is 0.240. The monoisotopic (exact) mass is 429 g/mol. The topological polar surface area (TPSA) is 55.3 Å². The molecule has 2 rings (SSSR count). The molecule has 1 aromatic heterocycles. The summed E-state index contributed by atoms with van der Waals surface area (Å²) in [6.45, 7) is 4.30. The molecule has 0 unspecified atom stereocenters. The maximum absolute atomic E-state index is 13.2. The van der Waals surface area contributed by atoms with Crippen LogP contribution in [0.2, 0.25) is 5.15 Å². The van der Waals surface area contributed by atoms with Gasteiger partial charge < -0.3 is 9.64 Å². The second-order valence-electron chi connectivity index (χ2n) is 6.59. The van der Waals surface area contributed by atoms with Crippen LogP contribution in [0.3, 0.4) is 0 Å². The van der Waals surface area contributed by atoms with E-state index in [1.54, 1.807) is 11.8 Å². The average molecular weight is 430 g/mol. The molecule has 0 radical (unpaired) electrons. The third-order valence-electron chi connectivity index (χ3n) is 4.61. The Balaban J connectivity index is 2.11. The molecule has 158 valence electrons. The number of alkyl halides is 5. The summed E-state index contributed by atoms with van der Waals surface area (Å²) >= 11 is 6.11. The lowest BCUT2D eigenvalue weighted by Gasteiger charge is -2.32. The summed E-state index contributed by atoms with van der Waals surface area (Å²) in [4.78, 5) is 21.8. The predicted octanol–water partition coefficient (Wildman–Crippen LogP) is 4.35. The maximum atomic E-state index is 13.2. The van der Waals surface area contributed by atoms with Crippen LogP contribution in [0.1, 0.15) is 37.6 Å². The number of halogens is 6. The number of esters is 1. The molecule has 0 bridgehead atoms. The van der Waals surface area contributed by atoms with Crippen LogP contribution in [-0.4, -0.2) is 47.7 Å². The number of nitrogens with zero attached hydrogens (tertiary/aromatic N) is 3. The van der Waals surface area contributed by atoms with Gasteiger partial charge in [0.25, 0.3) is 0 Å². The lowest BCUT2D eigenvalue weighted by atomic mass is 9.97. The van der Waals surface area contributed by atoms with Crippen LogP contribution < -0.4 is 4.90 Å². The Labute approximate surface area is 164 Å². The fourth-order valence-corrected chi connectivity index (χ4v) is 3.25. The zero-order valence-electron chi connectivity index (χ0n) is 15.5. The summed E-state index contributed by atoms with van der Waals surface area (Å²) < 4.78 is 68.5. The first-order chi connectivity index (χ1) is 13.0. The molecule has 1 aromatic rings. The van der Waals surface area contributed by atoms with Crippen LogP contribution in [0.25, 0.3) is 0 Å². The number of rotatable bonds is 6. The molecule has 1 fully saturated rings. The minimum atomic E-state index is -5.61. The molecule has 0 aromatic carbocycles. The first-order valence-corrected chi connectivity index (χ1v) is 9.23. The van der Waals surface area contributed by atoms with E-state index in [0.29, 0.717) is 32.5 Å². The van der Waals surface area contributed by atoms with E-state index in [4.69, 9.17) is 16.3 Å². The lowest BCUT2D eigenvalue weighted by molar-refractivity contribution is -0.284. The second-order valence-corrected chi connectivity index (χ2v) is 6.94. The van der Waals surface area contributed by atoms with E-state index >= 15 is 0 Å². The molecule has 28 heavy (non-hydrogen) atoms. The molecule has 2 heterocycles. The lowest BCUT2D eigenvalue weighted by Crippen LogP contribution is -2.38. The molecule has 11 heteroatoms. The van der Waals surface area contributed by atoms with Crippen LogP contribution in [0.5, 0.6) is 0 Å².